The van der Waals surface area contributed by atoms with E-state index < -0.39 is 11.9 Å². The van der Waals surface area contributed by atoms with Gasteiger partial charge in [0.1, 0.15) is 16.6 Å². The van der Waals surface area contributed by atoms with Crippen molar-refractivity contribution >= 4 is 56.9 Å². The molecule has 31 heavy (non-hydrogen) atoms. The van der Waals surface area contributed by atoms with Gasteiger partial charge in [-0.15, -0.1) is 11.3 Å². The summed E-state index contributed by atoms with van der Waals surface area (Å²) in [4.78, 5) is 26.5. The SMILES string of the molecule is CCOC(=O)c1c(NC(=O)/C(C#N)=C/c2cc(I)c(O)c(OC)c2)sc2c1CCCC2. The van der Waals surface area contributed by atoms with Crippen molar-refractivity contribution in [3.05, 3.63) is 42.8 Å². The van der Waals surface area contributed by atoms with E-state index in [0.717, 1.165) is 36.1 Å². The van der Waals surface area contributed by atoms with Gasteiger partial charge in [-0.05, 0) is 84.5 Å². The van der Waals surface area contributed by atoms with Crippen LogP contribution in [0.5, 0.6) is 11.5 Å². The first-order chi connectivity index (χ1) is 14.9. The smallest absolute Gasteiger partial charge is 0.341 e. The summed E-state index contributed by atoms with van der Waals surface area (Å²) in [6.07, 6.45) is 5.05. The lowest BCUT2D eigenvalue weighted by molar-refractivity contribution is -0.112. The molecule has 1 amide bonds. The number of nitriles is 1. The standard InChI is InChI=1S/C22H21IN2O5S/c1-3-30-22(28)18-14-6-4-5-7-17(14)31-21(18)25-20(27)13(11-24)8-12-9-15(23)19(26)16(10-12)29-2/h8-10,26H,3-7H2,1-2H3,(H,25,27)/b13-8+. The Kier molecular flexibility index (Phi) is 7.56. The van der Waals surface area contributed by atoms with Crippen LogP contribution in [0.3, 0.4) is 0 Å². The number of methoxy groups -OCH3 is 1. The molecule has 2 N–H and O–H groups in total. The number of thiophene rings is 1. The number of halogens is 1. The Hall–Kier alpha value is -2.58. The highest BCUT2D eigenvalue weighted by Gasteiger charge is 2.27. The van der Waals surface area contributed by atoms with Crippen LogP contribution in [-0.2, 0) is 22.4 Å². The first-order valence-corrected chi connectivity index (χ1v) is 11.6. The van der Waals surface area contributed by atoms with Gasteiger partial charge in [0.15, 0.2) is 11.5 Å². The van der Waals surface area contributed by atoms with Crippen LogP contribution < -0.4 is 10.1 Å². The number of carbonyl (C=O) groups is 2. The molecule has 1 aliphatic carbocycles. The fraction of sp³-hybridized carbons (Fsp3) is 0.318. The molecule has 2 aromatic rings. The maximum absolute atomic E-state index is 12.9. The van der Waals surface area contributed by atoms with E-state index in [2.05, 4.69) is 5.32 Å². The number of hydrogen-bond donors (Lipinski definition) is 2. The fourth-order valence-electron chi connectivity index (χ4n) is 3.39. The summed E-state index contributed by atoms with van der Waals surface area (Å²) in [5.41, 5.74) is 1.73. The third-order valence-electron chi connectivity index (χ3n) is 4.82. The minimum Gasteiger partial charge on any atom is -0.504 e. The number of nitrogens with zero attached hydrogens (tertiary/aromatic N) is 1. The number of ether oxygens (including phenoxy) is 2. The van der Waals surface area contributed by atoms with Crippen LogP contribution in [0.15, 0.2) is 17.7 Å². The van der Waals surface area contributed by atoms with E-state index in [1.807, 2.05) is 28.7 Å². The zero-order valence-electron chi connectivity index (χ0n) is 17.1. The molecule has 0 atom stereocenters. The van der Waals surface area contributed by atoms with Crippen LogP contribution in [-0.4, -0.2) is 30.7 Å². The third-order valence-corrected chi connectivity index (χ3v) is 6.85. The number of anilines is 1. The summed E-state index contributed by atoms with van der Waals surface area (Å²) >= 11 is 3.31. The van der Waals surface area contributed by atoms with Gasteiger partial charge in [-0.25, -0.2) is 4.79 Å². The number of phenolic OH excluding ortho intramolecular Hbond substituents is 1. The Morgan fingerprint density at radius 2 is 2.10 bits per heavy atom. The minimum atomic E-state index is -0.617. The Balaban J connectivity index is 1.94. The Morgan fingerprint density at radius 3 is 2.77 bits per heavy atom. The van der Waals surface area contributed by atoms with Gasteiger partial charge in [-0.3, -0.25) is 4.79 Å². The first-order valence-electron chi connectivity index (χ1n) is 9.70. The summed E-state index contributed by atoms with van der Waals surface area (Å²) in [6, 6.07) is 5.08. The van der Waals surface area contributed by atoms with Gasteiger partial charge in [0, 0.05) is 4.88 Å². The first kappa shape index (κ1) is 23.1. The highest BCUT2D eigenvalue weighted by molar-refractivity contribution is 14.1. The van der Waals surface area contributed by atoms with Gasteiger partial charge >= 0.3 is 5.97 Å². The molecule has 7 nitrogen and oxygen atoms in total. The molecule has 1 heterocycles. The number of rotatable bonds is 6. The number of fused-ring (bicyclic) bond motifs is 1. The number of carbonyl (C=O) groups excluding carboxylic acids is 2. The van der Waals surface area contributed by atoms with E-state index in [1.54, 1.807) is 13.0 Å². The molecule has 0 aliphatic heterocycles. The quantitative estimate of drug-likeness (QED) is 0.234. The van der Waals surface area contributed by atoms with Crippen LogP contribution in [0.2, 0.25) is 0 Å². The number of aryl methyl sites for hydroxylation is 1. The Bertz CT molecular complexity index is 1100. The average molecular weight is 552 g/mol. The van der Waals surface area contributed by atoms with Gasteiger partial charge in [0.05, 0.1) is 22.9 Å². The lowest BCUT2D eigenvalue weighted by atomic mass is 9.95. The second-order valence-electron chi connectivity index (χ2n) is 6.81. The van der Waals surface area contributed by atoms with Crippen molar-refractivity contribution in [3.63, 3.8) is 0 Å². The predicted octanol–water partition coefficient (Wildman–Crippen LogP) is 4.67. The number of phenols is 1. The van der Waals surface area contributed by atoms with Crippen molar-refractivity contribution in [1.29, 1.82) is 5.26 Å². The number of benzene rings is 1. The van der Waals surface area contributed by atoms with Gasteiger partial charge in [-0.2, -0.15) is 5.26 Å². The maximum atomic E-state index is 12.9. The van der Waals surface area contributed by atoms with E-state index in [9.17, 15) is 20.0 Å². The number of hydrogen-bond acceptors (Lipinski definition) is 7. The second kappa shape index (κ2) is 10.2. The molecule has 0 fully saturated rings. The molecule has 0 unspecified atom stereocenters. The molecule has 0 saturated carbocycles. The van der Waals surface area contributed by atoms with Gasteiger partial charge in [-0.1, -0.05) is 0 Å². The van der Waals surface area contributed by atoms with Gasteiger partial charge in [0.25, 0.3) is 5.91 Å². The Morgan fingerprint density at radius 1 is 1.35 bits per heavy atom. The number of esters is 1. The third kappa shape index (κ3) is 5.02. The molecule has 1 aromatic heterocycles. The molecule has 162 valence electrons. The number of nitrogens with one attached hydrogen (secondary N) is 1. The van der Waals surface area contributed by atoms with E-state index in [-0.39, 0.29) is 23.7 Å². The second-order valence-corrected chi connectivity index (χ2v) is 9.08. The summed E-state index contributed by atoms with van der Waals surface area (Å²) in [5, 5.41) is 22.7. The van der Waals surface area contributed by atoms with E-state index in [4.69, 9.17) is 9.47 Å². The molecule has 3 rings (SSSR count). The predicted molar refractivity (Wildman–Crippen MR) is 127 cm³/mol. The highest BCUT2D eigenvalue weighted by Crippen LogP contribution is 2.39. The molecule has 9 heteroatoms. The summed E-state index contributed by atoms with van der Waals surface area (Å²) in [7, 11) is 1.42. The van der Waals surface area contributed by atoms with Gasteiger partial charge in [0.2, 0.25) is 0 Å². The zero-order chi connectivity index (χ0) is 22.5. The minimum absolute atomic E-state index is 0.00791. The van der Waals surface area contributed by atoms with E-state index >= 15 is 0 Å². The molecular formula is C22H21IN2O5S. The Labute approximate surface area is 197 Å². The van der Waals surface area contributed by atoms with Crippen LogP contribution in [0.4, 0.5) is 5.00 Å². The summed E-state index contributed by atoms with van der Waals surface area (Å²) < 4.78 is 10.9. The van der Waals surface area contributed by atoms with Crippen molar-refractivity contribution < 1.29 is 24.2 Å². The van der Waals surface area contributed by atoms with E-state index in [1.165, 1.54) is 30.6 Å². The topological polar surface area (TPSA) is 109 Å². The molecule has 0 spiro atoms. The lowest BCUT2D eigenvalue weighted by Gasteiger charge is -2.12. The fourth-order valence-corrected chi connectivity index (χ4v) is 5.29. The monoisotopic (exact) mass is 552 g/mol. The molecule has 0 radical (unpaired) electrons. The van der Waals surface area contributed by atoms with Crippen molar-refractivity contribution in [2.24, 2.45) is 0 Å². The average Bonchev–Trinajstić information content (AvgIpc) is 3.12. The summed E-state index contributed by atoms with van der Waals surface area (Å²) in [6.45, 7) is 1.97. The van der Waals surface area contributed by atoms with Crippen LogP contribution >= 0.6 is 33.9 Å². The zero-order valence-corrected chi connectivity index (χ0v) is 20.1. The molecule has 1 aliphatic rings. The van der Waals surface area contributed by atoms with Crippen molar-refractivity contribution in [2.45, 2.75) is 32.6 Å². The summed E-state index contributed by atoms with van der Waals surface area (Å²) in [5.74, 6) is -0.843. The van der Waals surface area contributed by atoms with Crippen LogP contribution in [0.1, 0.15) is 46.1 Å². The maximum Gasteiger partial charge on any atom is 0.341 e. The highest BCUT2D eigenvalue weighted by atomic mass is 127. The molecule has 1 aromatic carbocycles. The number of aromatic hydroxyl groups is 1. The van der Waals surface area contributed by atoms with Crippen molar-refractivity contribution in [3.8, 4) is 17.6 Å². The van der Waals surface area contributed by atoms with Crippen molar-refractivity contribution in [1.82, 2.24) is 0 Å². The van der Waals surface area contributed by atoms with Crippen LogP contribution in [0, 0.1) is 14.9 Å². The molecule has 0 bridgehead atoms. The largest absolute Gasteiger partial charge is 0.504 e. The number of amides is 1. The van der Waals surface area contributed by atoms with Gasteiger partial charge < -0.3 is 19.9 Å². The van der Waals surface area contributed by atoms with E-state index in [0.29, 0.717) is 19.7 Å². The van der Waals surface area contributed by atoms with Crippen molar-refractivity contribution in [2.75, 3.05) is 19.0 Å². The molecule has 0 saturated heterocycles. The molecular weight excluding hydrogens is 531 g/mol. The lowest BCUT2D eigenvalue weighted by Crippen LogP contribution is -2.16. The van der Waals surface area contributed by atoms with Crippen LogP contribution in [0.25, 0.3) is 6.08 Å². The normalized spacial score (nSPS) is 13.2.